The quantitative estimate of drug-likeness (QED) is 0.125. The highest BCUT2D eigenvalue weighted by Gasteiger charge is 2.34. The summed E-state index contributed by atoms with van der Waals surface area (Å²) in [7, 11) is 0. The number of carboxylic acid groups (broad SMARTS) is 1. The normalized spacial score (nSPS) is 16.7. The summed E-state index contributed by atoms with van der Waals surface area (Å²) in [6.07, 6.45) is -1.42. The highest BCUT2D eigenvalue weighted by molar-refractivity contribution is 7.98. The van der Waals surface area contributed by atoms with Crippen molar-refractivity contribution in [3.63, 3.8) is 0 Å². The van der Waals surface area contributed by atoms with Crippen molar-refractivity contribution in [2.24, 2.45) is 11.5 Å². The molecular weight excluding hydrogens is 434 g/mol. The molecule has 4 amide bonds. The second-order valence-corrected chi connectivity index (χ2v) is 7.90. The predicted molar refractivity (Wildman–Crippen MR) is 112 cm³/mol. The fourth-order valence-corrected chi connectivity index (χ4v) is 2.85. The van der Waals surface area contributed by atoms with E-state index in [1.165, 1.54) is 11.8 Å². The Morgan fingerprint density at radius 3 is 1.84 bits per heavy atom. The van der Waals surface area contributed by atoms with Crippen LogP contribution in [-0.4, -0.2) is 93.3 Å². The number of aliphatic hydroxyl groups excluding tert-OH is 2. The van der Waals surface area contributed by atoms with Crippen LogP contribution in [0, 0.1) is 0 Å². The second kappa shape index (κ2) is 13.8. The van der Waals surface area contributed by atoms with Gasteiger partial charge in [-0.2, -0.15) is 11.8 Å². The number of aliphatic carboxylic acids is 1. The van der Waals surface area contributed by atoms with Crippen LogP contribution in [0.5, 0.6) is 0 Å². The third-order valence-corrected chi connectivity index (χ3v) is 4.76. The molecule has 0 saturated heterocycles. The van der Waals surface area contributed by atoms with Crippen LogP contribution in [0.3, 0.4) is 0 Å². The zero-order chi connectivity index (χ0) is 24.3. The van der Waals surface area contributed by atoms with E-state index in [0.717, 1.165) is 13.8 Å². The van der Waals surface area contributed by atoms with E-state index in [1.54, 1.807) is 0 Å². The summed E-state index contributed by atoms with van der Waals surface area (Å²) in [4.78, 5) is 59.6. The number of carbonyl (C=O) groups is 5. The first-order valence-corrected chi connectivity index (χ1v) is 10.7. The topological polar surface area (TPSA) is 234 Å². The van der Waals surface area contributed by atoms with E-state index >= 15 is 0 Å². The SMILES string of the molecule is CSCCC(N)C(=O)NC(CC(N)=O)C(=O)NC(C(=O)NC(C(=O)O)C(C)O)C(C)O. The average molecular weight is 466 g/mol. The van der Waals surface area contributed by atoms with Gasteiger partial charge in [-0.3, -0.25) is 19.2 Å². The summed E-state index contributed by atoms with van der Waals surface area (Å²) in [5.41, 5.74) is 10.9. The number of carbonyl (C=O) groups excluding carboxylic acids is 4. The van der Waals surface area contributed by atoms with Gasteiger partial charge in [0.2, 0.25) is 23.6 Å². The van der Waals surface area contributed by atoms with Crippen LogP contribution in [0.1, 0.15) is 26.7 Å². The van der Waals surface area contributed by atoms with Gasteiger partial charge in [0.1, 0.15) is 12.1 Å². The van der Waals surface area contributed by atoms with Crippen LogP contribution >= 0.6 is 11.8 Å². The van der Waals surface area contributed by atoms with E-state index in [9.17, 15) is 34.2 Å². The lowest BCUT2D eigenvalue weighted by molar-refractivity contribution is -0.146. The Hall–Kier alpha value is -2.42. The molecule has 0 aliphatic carbocycles. The molecule has 31 heavy (non-hydrogen) atoms. The first-order chi connectivity index (χ1) is 14.3. The molecule has 0 radical (unpaired) electrons. The molecule has 6 unspecified atom stereocenters. The van der Waals surface area contributed by atoms with Gasteiger partial charge in [0, 0.05) is 0 Å². The molecule has 14 heteroatoms. The van der Waals surface area contributed by atoms with Gasteiger partial charge in [-0.25, -0.2) is 4.79 Å². The third-order valence-electron chi connectivity index (χ3n) is 4.12. The Morgan fingerprint density at radius 1 is 0.903 bits per heavy atom. The molecule has 0 heterocycles. The fraction of sp³-hybridized carbons (Fsp3) is 0.706. The average Bonchev–Trinajstić information content (AvgIpc) is 2.65. The number of hydrogen-bond donors (Lipinski definition) is 8. The summed E-state index contributed by atoms with van der Waals surface area (Å²) in [6.45, 7) is 2.29. The maximum absolute atomic E-state index is 12.6. The zero-order valence-electron chi connectivity index (χ0n) is 17.5. The number of primary amides is 1. The zero-order valence-corrected chi connectivity index (χ0v) is 18.3. The molecule has 0 aromatic rings. The summed E-state index contributed by atoms with van der Waals surface area (Å²) in [5.74, 6) is -4.70. The minimum atomic E-state index is -1.69. The number of aliphatic hydroxyl groups is 2. The minimum Gasteiger partial charge on any atom is -0.480 e. The van der Waals surface area contributed by atoms with E-state index in [0.29, 0.717) is 12.2 Å². The van der Waals surface area contributed by atoms with Crippen molar-refractivity contribution in [2.75, 3.05) is 12.0 Å². The molecule has 0 bridgehead atoms. The van der Waals surface area contributed by atoms with Gasteiger partial charge in [-0.15, -0.1) is 0 Å². The van der Waals surface area contributed by atoms with Crippen molar-refractivity contribution in [2.45, 2.75) is 63.1 Å². The van der Waals surface area contributed by atoms with Gasteiger partial charge in [-0.05, 0) is 32.3 Å². The monoisotopic (exact) mass is 465 g/mol. The molecule has 6 atom stereocenters. The molecule has 0 fully saturated rings. The summed E-state index contributed by atoms with van der Waals surface area (Å²) >= 11 is 1.46. The molecule has 0 aliphatic rings. The standard InChI is InChI=1S/C17H31N5O8S/c1-7(23)12(16(28)22-13(8(2)24)17(29)30)21-15(27)10(6-11(19)25)20-14(26)9(18)4-5-31-3/h7-10,12-13,23-24H,4-6,18H2,1-3H3,(H2,19,25)(H,20,26)(H,21,27)(H,22,28)(H,29,30). The Labute approximate surface area is 183 Å². The highest BCUT2D eigenvalue weighted by atomic mass is 32.2. The number of thioether (sulfide) groups is 1. The largest absolute Gasteiger partial charge is 0.480 e. The Bertz CT molecular complexity index is 660. The van der Waals surface area contributed by atoms with Crippen LogP contribution < -0.4 is 27.4 Å². The van der Waals surface area contributed by atoms with E-state index < -0.39 is 72.4 Å². The highest BCUT2D eigenvalue weighted by Crippen LogP contribution is 2.03. The fourth-order valence-electron chi connectivity index (χ4n) is 2.36. The number of hydrogen-bond acceptors (Lipinski definition) is 9. The molecule has 0 aromatic heterocycles. The molecule has 13 nitrogen and oxygen atoms in total. The maximum atomic E-state index is 12.6. The van der Waals surface area contributed by atoms with E-state index in [4.69, 9.17) is 16.6 Å². The van der Waals surface area contributed by atoms with Gasteiger partial charge in [-0.1, -0.05) is 0 Å². The molecule has 178 valence electrons. The Kier molecular flexibility index (Phi) is 12.7. The van der Waals surface area contributed by atoms with Crippen molar-refractivity contribution < 1.29 is 39.3 Å². The van der Waals surface area contributed by atoms with Gasteiger partial charge in [0.15, 0.2) is 6.04 Å². The van der Waals surface area contributed by atoms with Gasteiger partial charge < -0.3 is 42.7 Å². The van der Waals surface area contributed by atoms with Crippen LogP contribution in [0.2, 0.25) is 0 Å². The van der Waals surface area contributed by atoms with Crippen molar-refractivity contribution in [3.05, 3.63) is 0 Å². The molecule has 0 aliphatic heterocycles. The second-order valence-electron chi connectivity index (χ2n) is 6.91. The molecule has 0 aromatic carbocycles. The Balaban J connectivity index is 5.39. The number of nitrogens with two attached hydrogens (primary N) is 2. The molecule has 0 rings (SSSR count). The number of amides is 4. The third kappa shape index (κ3) is 10.4. The minimum absolute atomic E-state index is 0.312. The first-order valence-electron chi connectivity index (χ1n) is 9.34. The van der Waals surface area contributed by atoms with Crippen molar-refractivity contribution in [3.8, 4) is 0 Å². The van der Waals surface area contributed by atoms with Crippen LogP contribution in [0.25, 0.3) is 0 Å². The van der Waals surface area contributed by atoms with Crippen LogP contribution in [0.4, 0.5) is 0 Å². The summed E-state index contributed by atoms with van der Waals surface area (Å²) in [6, 6.07) is -5.77. The van der Waals surface area contributed by atoms with Crippen LogP contribution in [-0.2, 0) is 24.0 Å². The lowest BCUT2D eigenvalue weighted by Gasteiger charge is -2.26. The van der Waals surface area contributed by atoms with Crippen LogP contribution in [0.15, 0.2) is 0 Å². The van der Waals surface area contributed by atoms with Gasteiger partial charge in [0.25, 0.3) is 0 Å². The number of nitrogens with one attached hydrogen (secondary N) is 3. The summed E-state index contributed by atoms with van der Waals surface area (Å²) < 4.78 is 0. The predicted octanol–water partition coefficient (Wildman–Crippen LogP) is -3.76. The maximum Gasteiger partial charge on any atom is 0.328 e. The van der Waals surface area contributed by atoms with Gasteiger partial charge >= 0.3 is 5.97 Å². The molecule has 10 N–H and O–H groups in total. The molecule has 0 saturated carbocycles. The molecule has 0 spiro atoms. The van der Waals surface area contributed by atoms with E-state index in [-0.39, 0.29) is 0 Å². The first kappa shape index (κ1) is 28.6. The van der Waals surface area contributed by atoms with Gasteiger partial charge in [0.05, 0.1) is 24.7 Å². The lowest BCUT2D eigenvalue weighted by Crippen LogP contribution is -2.61. The van der Waals surface area contributed by atoms with Crippen molar-refractivity contribution in [1.82, 2.24) is 16.0 Å². The summed E-state index contributed by atoms with van der Waals surface area (Å²) in [5, 5.41) is 34.8. The van der Waals surface area contributed by atoms with Crippen molar-refractivity contribution in [1.29, 1.82) is 0 Å². The number of rotatable bonds is 14. The smallest absolute Gasteiger partial charge is 0.328 e. The molecular formula is C17H31N5O8S. The Morgan fingerprint density at radius 2 is 1.42 bits per heavy atom. The van der Waals surface area contributed by atoms with E-state index in [1.807, 2.05) is 11.6 Å². The van der Waals surface area contributed by atoms with E-state index in [2.05, 4.69) is 10.6 Å². The lowest BCUT2D eigenvalue weighted by atomic mass is 10.1. The van der Waals surface area contributed by atoms with Crippen molar-refractivity contribution >= 4 is 41.4 Å². The number of carboxylic acids is 1.